The first kappa shape index (κ1) is 18.3. The summed E-state index contributed by atoms with van der Waals surface area (Å²) >= 11 is 0. The van der Waals surface area contributed by atoms with Crippen LogP contribution in [0.25, 0.3) is 0 Å². The quantitative estimate of drug-likeness (QED) is 0.749. The number of nitrogens with one attached hydrogen (secondary N) is 1. The van der Waals surface area contributed by atoms with Crippen LogP contribution in [0, 0.1) is 11.6 Å². The van der Waals surface area contributed by atoms with E-state index < -0.39 is 23.1 Å². The minimum atomic E-state index is -0.919. The molecule has 3 rings (SSSR count). The molecule has 0 unspecified atom stereocenters. The lowest BCUT2D eigenvalue weighted by Gasteiger charge is -2.10. The monoisotopic (exact) mass is 370 g/mol. The molecule has 1 aromatic heterocycles. The number of pyridine rings is 1. The molecule has 7 heteroatoms. The van der Waals surface area contributed by atoms with Crippen LogP contribution in [0.3, 0.4) is 0 Å². The third kappa shape index (κ3) is 4.20. The first-order chi connectivity index (χ1) is 13.0. The molecule has 1 heterocycles. The molecule has 0 fully saturated rings. The van der Waals surface area contributed by atoms with Crippen LogP contribution in [0.15, 0.2) is 65.6 Å². The van der Waals surface area contributed by atoms with Crippen LogP contribution in [0.2, 0.25) is 0 Å². The Kier molecular flexibility index (Phi) is 5.30. The molecule has 0 saturated carbocycles. The fraction of sp³-hybridized carbons (Fsp3) is 0.100. The van der Waals surface area contributed by atoms with E-state index in [4.69, 9.17) is 4.74 Å². The molecule has 1 N–H and O–H groups in total. The van der Waals surface area contributed by atoms with E-state index in [0.717, 1.165) is 17.7 Å². The van der Waals surface area contributed by atoms with Gasteiger partial charge in [-0.05, 0) is 42.0 Å². The fourth-order valence-electron chi connectivity index (χ4n) is 2.54. The molecule has 0 aliphatic rings. The lowest BCUT2D eigenvalue weighted by atomic mass is 10.2. The van der Waals surface area contributed by atoms with Crippen LogP contribution in [0.5, 0.6) is 5.75 Å². The van der Waals surface area contributed by atoms with Crippen LogP contribution >= 0.6 is 0 Å². The van der Waals surface area contributed by atoms with E-state index in [1.165, 1.54) is 10.6 Å². The van der Waals surface area contributed by atoms with Crippen molar-refractivity contribution in [1.82, 2.24) is 4.57 Å². The van der Waals surface area contributed by atoms with Gasteiger partial charge in [0.2, 0.25) is 0 Å². The van der Waals surface area contributed by atoms with E-state index in [1.54, 1.807) is 31.5 Å². The molecule has 0 radical (unpaired) electrons. The number of methoxy groups -OCH3 is 1. The predicted octanol–water partition coefficient (Wildman–Crippen LogP) is 3.44. The summed E-state index contributed by atoms with van der Waals surface area (Å²) in [5.41, 5.74) is -0.0190. The molecule has 5 nitrogen and oxygen atoms in total. The number of benzene rings is 2. The second-order valence-corrected chi connectivity index (χ2v) is 5.78. The minimum absolute atomic E-state index is 0.144. The van der Waals surface area contributed by atoms with E-state index in [0.29, 0.717) is 11.8 Å². The highest BCUT2D eigenvalue weighted by molar-refractivity contribution is 6.04. The number of anilines is 1. The molecule has 2 aromatic carbocycles. The molecule has 0 aliphatic heterocycles. The SMILES string of the molecule is COc1ccc(Cn2cccc(C(=O)Nc3ccc(F)cc3F)c2=O)cc1. The van der Waals surface area contributed by atoms with Gasteiger partial charge in [-0.2, -0.15) is 0 Å². The summed E-state index contributed by atoms with van der Waals surface area (Å²) < 4.78 is 33.1. The molecular formula is C20H16F2N2O3. The maximum Gasteiger partial charge on any atom is 0.263 e. The van der Waals surface area contributed by atoms with Crippen LogP contribution in [0.4, 0.5) is 14.5 Å². The molecular weight excluding hydrogens is 354 g/mol. The van der Waals surface area contributed by atoms with Gasteiger partial charge in [-0.15, -0.1) is 0 Å². The summed E-state index contributed by atoms with van der Waals surface area (Å²) in [6.07, 6.45) is 1.56. The van der Waals surface area contributed by atoms with Crippen molar-refractivity contribution in [2.75, 3.05) is 12.4 Å². The highest BCUT2D eigenvalue weighted by atomic mass is 19.1. The topological polar surface area (TPSA) is 60.3 Å². The summed E-state index contributed by atoms with van der Waals surface area (Å²) in [5.74, 6) is -1.75. The van der Waals surface area contributed by atoms with Crippen molar-refractivity contribution in [1.29, 1.82) is 0 Å². The summed E-state index contributed by atoms with van der Waals surface area (Å²) in [4.78, 5) is 24.9. The Balaban J connectivity index is 1.83. The number of carbonyl (C=O) groups is 1. The Labute approximate surface area is 153 Å². The van der Waals surface area contributed by atoms with E-state index >= 15 is 0 Å². The van der Waals surface area contributed by atoms with Gasteiger partial charge in [-0.1, -0.05) is 12.1 Å². The average Bonchev–Trinajstić information content (AvgIpc) is 2.66. The molecule has 0 bridgehead atoms. The minimum Gasteiger partial charge on any atom is -0.497 e. The normalized spacial score (nSPS) is 10.5. The number of halogens is 2. The summed E-state index contributed by atoms with van der Waals surface area (Å²) in [5, 5.41) is 2.29. The molecule has 27 heavy (non-hydrogen) atoms. The highest BCUT2D eigenvalue weighted by Crippen LogP contribution is 2.16. The third-order valence-electron chi connectivity index (χ3n) is 3.96. The van der Waals surface area contributed by atoms with Gasteiger partial charge in [0.1, 0.15) is 22.9 Å². The second kappa shape index (κ2) is 7.82. The van der Waals surface area contributed by atoms with Gasteiger partial charge in [0.15, 0.2) is 0 Å². The van der Waals surface area contributed by atoms with Crippen molar-refractivity contribution < 1.29 is 18.3 Å². The van der Waals surface area contributed by atoms with Crippen molar-refractivity contribution in [2.24, 2.45) is 0 Å². The Bertz CT molecular complexity index is 1030. The summed E-state index contributed by atoms with van der Waals surface area (Å²) in [6, 6.07) is 12.8. The standard InChI is InChI=1S/C20H16F2N2O3/c1-27-15-7-4-13(5-8-15)12-24-10-2-3-16(20(24)26)19(25)23-18-9-6-14(21)11-17(18)22/h2-11H,12H2,1H3,(H,23,25). The summed E-state index contributed by atoms with van der Waals surface area (Å²) in [6.45, 7) is 0.259. The van der Waals surface area contributed by atoms with Gasteiger partial charge in [0.05, 0.1) is 19.3 Å². The molecule has 1 amide bonds. The number of aromatic nitrogens is 1. The van der Waals surface area contributed by atoms with Crippen LogP contribution < -0.4 is 15.6 Å². The van der Waals surface area contributed by atoms with Crippen molar-refractivity contribution in [3.8, 4) is 5.75 Å². The molecule has 138 valence electrons. The van der Waals surface area contributed by atoms with Crippen LogP contribution in [0.1, 0.15) is 15.9 Å². The lowest BCUT2D eigenvalue weighted by Crippen LogP contribution is -2.29. The molecule has 0 atom stereocenters. The number of ether oxygens (including phenoxy) is 1. The Morgan fingerprint density at radius 3 is 2.52 bits per heavy atom. The number of carbonyl (C=O) groups excluding carboxylic acids is 1. The van der Waals surface area contributed by atoms with E-state index in [9.17, 15) is 18.4 Å². The zero-order chi connectivity index (χ0) is 19.4. The smallest absolute Gasteiger partial charge is 0.263 e. The molecule has 3 aromatic rings. The van der Waals surface area contributed by atoms with E-state index in [-0.39, 0.29) is 17.8 Å². The van der Waals surface area contributed by atoms with Crippen molar-refractivity contribution >= 4 is 11.6 Å². The number of nitrogens with zero attached hydrogens (tertiary/aromatic N) is 1. The summed E-state index contributed by atoms with van der Waals surface area (Å²) in [7, 11) is 1.56. The van der Waals surface area contributed by atoms with Crippen molar-refractivity contribution in [3.05, 3.63) is 93.9 Å². The largest absolute Gasteiger partial charge is 0.497 e. The van der Waals surface area contributed by atoms with Gasteiger partial charge in [-0.25, -0.2) is 8.78 Å². The number of amides is 1. The van der Waals surface area contributed by atoms with E-state index in [1.807, 2.05) is 12.1 Å². The zero-order valence-corrected chi connectivity index (χ0v) is 14.4. The third-order valence-corrected chi connectivity index (χ3v) is 3.96. The predicted molar refractivity (Wildman–Crippen MR) is 97.1 cm³/mol. The van der Waals surface area contributed by atoms with Gasteiger partial charge < -0.3 is 14.6 Å². The van der Waals surface area contributed by atoms with Gasteiger partial charge in [0.25, 0.3) is 11.5 Å². The average molecular weight is 370 g/mol. The number of rotatable bonds is 5. The van der Waals surface area contributed by atoms with Gasteiger partial charge in [-0.3, -0.25) is 9.59 Å². The fourth-order valence-corrected chi connectivity index (χ4v) is 2.54. The number of hydrogen-bond donors (Lipinski definition) is 1. The van der Waals surface area contributed by atoms with Crippen molar-refractivity contribution in [3.63, 3.8) is 0 Å². The Morgan fingerprint density at radius 1 is 1.11 bits per heavy atom. The highest BCUT2D eigenvalue weighted by Gasteiger charge is 2.15. The number of hydrogen-bond acceptors (Lipinski definition) is 3. The van der Waals surface area contributed by atoms with Crippen LogP contribution in [-0.4, -0.2) is 17.6 Å². The molecule has 0 saturated heterocycles. The maximum atomic E-state index is 13.7. The van der Waals surface area contributed by atoms with Crippen LogP contribution in [-0.2, 0) is 6.54 Å². The van der Waals surface area contributed by atoms with Gasteiger partial charge >= 0.3 is 0 Å². The second-order valence-electron chi connectivity index (χ2n) is 5.78. The first-order valence-electron chi connectivity index (χ1n) is 8.06. The Morgan fingerprint density at radius 2 is 1.85 bits per heavy atom. The molecule has 0 spiro atoms. The van der Waals surface area contributed by atoms with Crippen molar-refractivity contribution in [2.45, 2.75) is 6.54 Å². The van der Waals surface area contributed by atoms with E-state index in [2.05, 4.69) is 5.32 Å². The first-order valence-corrected chi connectivity index (χ1v) is 8.06. The molecule has 0 aliphatic carbocycles. The maximum absolute atomic E-state index is 13.7. The van der Waals surface area contributed by atoms with Gasteiger partial charge in [0, 0.05) is 12.3 Å². The Hall–Kier alpha value is -3.48. The lowest BCUT2D eigenvalue weighted by molar-refractivity contribution is 0.102. The zero-order valence-electron chi connectivity index (χ0n) is 14.4.